The lowest BCUT2D eigenvalue weighted by atomic mass is 9.82. The van der Waals surface area contributed by atoms with Gasteiger partial charge in [-0.15, -0.1) is 0 Å². The Kier molecular flexibility index (Phi) is 6.22. The number of piperidine rings is 1. The summed E-state index contributed by atoms with van der Waals surface area (Å²) in [4.78, 5) is 28.6. The molecule has 0 saturated carbocycles. The largest absolute Gasteiger partial charge is 0.393 e. The number of carbonyl (C=O) groups excluding carboxylic acids is 2. The fourth-order valence-electron chi connectivity index (χ4n) is 3.25. The molecular weight excluding hydrogens is 316 g/mol. The normalized spacial score (nSPS) is 16.0. The molecule has 1 N–H and O–H groups in total. The monoisotopic (exact) mass is 346 g/mol. The van der Waals surface area contributed by atoms with Crippen LogP contribution in [0.5, 0.6) is 0 Å². The van der Waals surface area contributed by atoms with Crippen molar-refractivity contribution in [1.29, 1.82) is 0 Å². The molecule has 1 aliphatic heterocycles. The maximum Gasteiger partial charge on any atom is 0.242 e. The molecule has 138 valence electrons. The predicted molar refractivity (Wildman–Crippen MR) is 98.3 cm³/mol. The molecule has 5 heteroatoms. The quantitative estimate of drug-likeness (QED) is 0.887. The molecule has 0 spiro atoms. The molecule has 0 aliphatic carbocycles. The van der Waals surface area contributed by atoms with Crippen LogP contribution in [0.4, 0.5) is 0 Å². The highest BCUT2D eigenvalue weighted by Gasteiger charge is 2.33. The lowest BCUT2D eigenvalue weighted by molar-refractivity contribution is -0.143. The van der Waals surface area contributed by atoms with Gasteiger partial charge >= 0.3 is 0 Å². The fraction of sp³-hybridized carbons (Fsp3) is 0.600. The van der Waals surface area contributed by atoms with E-state index in [9.17, 15) is 14.7 Å². The van der Waals surface area contributed by atoms with E-state index in [1.165, 1.54) is 10.5 Å². The van der Waals surface area contributed by atoms with Crippen LogP contribution in [0.2, 0.25) is 0 Å². The van der Waals surface area contributed by atoms with Gasteiger partial charge in [-0.2, -0.15) is 0 Å². The van der Waals surface area contributed by atoms with Crippen LogP contribution in [-0.2, 0) is 21.4 Å². The number of hydrogen-bond acceptors (Lipinski definition) is 3. The van der Waals surface area contributed by atoms with Crippen molar-refractivity contribution < 1.29 is 14.7 Å². The molecule has 2 rings (SSSR count). The average Bonchev–Trinajstić information content (AvgIpc) is 2.61. The number of aliphatic hydroxyl groups is 1. The Hall–Kier alpha value is -1.88. The summed E-state index contributed by atoms with van der Waals surface area (Å²) in [6.45, 7) is 7.09. The van der Waals surface area contributed by atoms with E-state index in [1.54, 1.807) is 11.9 Å². The molecule has 1 aromatic carbocycles. The van der Waals surface area contributed by atoms with Gasteiger partial charge in [-0.3, -0.25) is 9.59 Å². The molecule has 1 heterocycles. The average molecular weight is 346 g/mol. The molecule has 5 nitrogen and oxygen atoms in total. The van der Waals surface area contributed by atoms with E-state index in [4.69, 9.17) is 0 Å². The van der Waals surface area contributed by atoms with E-state index < -0.39 is 5.41 Å². The summed E-state index contributed by atoms with van der Waals surface area (Å²) in [6, 6.07) is 8.10. The number of nitrogens with zero attached hydrogens (tertiary/aromatic N) is 2. The molecule has 1 aliphatic rings. The van der Waals surface area contributed by atoms with Crippen molar-refractivity contribution in [2.24, 2.45) is 0 Å². The van der Waals surface area contributed by atoms with Crippen LogP contribution >= 0.6 is 0 Å². The van der Waals surface area contributed by atoms with E-state index >= 15 is 0 Å². The fourth-order valence-corrected chi connectivity index (χ4v) is 3.25. The van der Waals surface area contributed by atoms with Crippen molar-refractivity contribution in [2.75, 3.05) is 26.7 Å². The number of likely N-dealkylation sites (N-methyl/N-ethyl adjacent to an activating group) is 1. The third kappa shape index (κ3) is 4.60. The summed E-state index contributed by atoms with van der Waals surface area (Å²) in [5.74, 6) is -0.123. The zero-order valence-corrected chi connectivity index (χ0v) is 15.8. The predicted octanol–water partition coefficient (Wildman–Crippen LogP) is 1.97. The van der Waals surface area contributed by atoms with Gasteiger partial charge in [0.25, 0.3) is 0 Å². The topological polar surface area (TPSA) is 60.9 Å². The van der Waals surface area contributed by atoms with E-state index in [0.717, 1.165) is 12.0 Å². The Morgan fingerprint density at radius 2 is 1.76 bits per heavy atom. The van der Waals surface area contributed by atoms with E-state index in [1.807, 2.05) is 26.0 Å². The number of aliphatic hydroxyl groups excluding tert-OH is 1. The molecule has 0 unspecified atom stereocenters. The van der Waals surface area contributed by atoms with Gasteiger partial charge in [0.15, 0.2) is 0 Å². The lowest BCUT2D eigenvalue weighted by Gasteiger charge is -2.33. The Bertz CT molecular complexity index is 602. The van der Waals surface area contributed by atoms with Gasteiger partial charge in [0.1, 0.15) is 0 Å². The van der Waals surface area contributed by atoms with E-state index in [-0.39, 0.29) is 24.5 Å². The molecular formula is C20H30N2O3. The number of hydrogen-bond donors (Lipinski definition) is 1. The number of aryl methyl sites for hydroxylation is 1. The SMILES string of the molecule is CCc1ccc(C(C)(C)C(=O)N(C)CC(=O)N2CCC(O)CC2)cc1. The van der Waals surface area contributed by atoms with Gasteiger partial charge in [-0.1, -0.05) is 31.2 Å². The maximum atomic E-state index is 12.9. The van der Waals surface area contributed by atoms with Crippen molar-refractivity contribution >= 4 is 11.8 Å². The molecule has 0 bridgehead atoms. The summed E-state index contributed by atoms with van der Waals surface area (Å²) in [5, 5.41) is 9.55. The zero-order chi connectivity index (χ0) is 18.6. The van der Waals surface area contributed by atoms with Crippen LogP contribution in [0.15, 0.2) is 24.3 Å². The summed E-state index contributed by atoms with van der Waals surface area (Å²) in [7, 11) is 1.68. The van der Waals surface area contributed by atoms with Crippen LogP contribution in [0.3, 0.4) is 0 Å². The number of carbonyl (C=O) groups is 2. The summed E-state index contributed by atoms with van der Waals surface area (Å²) >= 11 is 0. The summed E-state index contributed by atoms with van der Waals surface area (Å²) in [5.41, 5.74) is 1.51. The molecule has 2 amide bonds. The first-order valence-corrected chi connectivity index (χ1v) is 9.06. The molecule has 1 fully saturated rings. The van der Waals surface area contributed by atoms with Crippen molar-refractivity contribution in [3.05, 3.63) is 35.4 Å². The van der Waals surface area contributed by atoms with Gasteiger partial charge in [0, 0.05) is 20.1 Å². The molecule has 0 radical (unpaired) electrons. The Morgan fingerprint density at radius 3 is 2.28 bits per heavy atom. The zero-order valence-electron chi connectivity index (χ0n) is 15.8. The second kappa shape index (κ2) is 8.00. The first kappa shape index (κ1) is 19.4. The van der Waals surface area contributed by atoms with Crippen LogP contribution < -0.4 is 0 Å². The van der Waals surface area contributed by atoms with Crippen molar-refractivity contribution in [3.63, 3.8) is 0 Å². The molecule has 0 aromatic heterocycles. The van der Waals surface area contributed by atoms with Gasteiger partial charge in [-0.25, -0.2) is 0 Å². The highest BCUT2D eigenvalue weighted by Crippen LogP contribution is 2.26. The van der Waals surface area contributed by atoms with Crippen LogP contribution in [0, 0.1) is 0 Å². The highest BCUT2D eigenvalue weighted by atomic mass is 16.3. The number of benzene rings is 1. The van der Waals surface area contributed by atoms with Gasteiger partial charge in [0.05, 0.1) is 18.1 Å². The first-order chi connectivity index (χ1) is 11.8. The number of likely N-dealkylation sites (tertiary alicyclic amines) is 1. The second-order valence-corrected chi connectivity index (χ2v) is 7.45. The van der Waals surface area contributed by atoms with Crippen LogP contribution in [-0.4, -0.2) is 59.5 Å². The van der Waals surface area contributed by atoms with Crippen molar-refractivity contribution in [3.8, 4) is 0 Å². The third-order valence-electron chi connectivity index (χ3n) is 5.15. The van der Waals surface area contributed by atoms with Crippen LogP contribution in [0.1, 0.15) is 44.7 Å². The smallest absolute Gasteiger partial charge is 0.242 e. The minimum absolute atomic E-state index is 0.0557. The molecule has 1 saturated heterocycles. The standard InChI is InChI=1S/C20H30N2O3/c1-5-15-6-8-16(9-7-15)20(2,3)19(25)21(4)14-18(24)22-12-10-17(23)11-13-22/h6-9,17,23H,5,10-14H2,1-4H3. The second-order valence-electron chi connectivity index (χ2n) is 7.45. The molecule has 25 heavy (non-hydrogen) atoms. The van der Waals surface area contributed by atoms with Gasteiger partial charge in [0.2, 0.25) is 11.8 Å². The summed E-state index contributed by atoms with van der Waals surface area (Å²) in [6.07, 6.45) is 1.87. The van der Waals surface area contributed by atoms with Crippen LogP contribution in [0.25, 0.3) is 0 Å². The van der Waals surface area contributed by atoms with E-state index in [0.29, 0.717) is 25.9 Å². The minimum Gasteiger partial charge on any atom is -0.393 e. The van der Waals surface area contributed by atoms with E-state index in [2.05, 4.69) is 19.1 Å². The Labute approximate surface area is 150 Å². The Morgan fingerprint density at radius 1 is 1.20 bits per heavy atom. The number of amides is 2. The summed E-state index contributed by atoms with van der Waals surface area (Å²) < 4.78 is 0. The first-order valence-electron chi connectivity index (χ1n) is 9.06. The third-order valence-corrected chi connectivity index (χ3v) is 5.15. The van der Waals surface area contributed by atoms with Gasteiger partial charge in [-0.05, 0) is 44.2 Å². The minimum atomic E-state index is -0.681. The lowest BCUT2D eigenvalue weighted by Crippen LogP contribution is -2.48. The highest BCUT2D eigenvalue weighted by molar-refractivity contribution is 5.90. The molecule has 0 atom stereocenters. The van der Waals surface area contributed by atoms with Crippen molar-refractivity contribution in [2.45, 2.75) is 51.6 Å². The number of rotatable bonds is 5. The van der Waals surface area contributed by atoms with Gasteiger partial charge < -0.3 is 14.9 Å². The van der Waals surface area contributed by atoms with Crippen molar-refractivity contribution in [1.82, 2.24) is 9.80 Å². The Balaban J connectivity index is 2.00. The molecule has 1 aromatic rings. The maximum absolute atomic E-state index is 12.9.